The van der Waals surface area contributed by atoms with Gasteiger partial charge in [-0.1, -0.05) is 26.0 Å². The Morgan fingerprint density at radius 1 is 1.20 bits per heavy atom. The first-order valence-electron chi connectivity index (χ1n) is 5.40. The molecule has 0 aliphatic heterocycles. The van der Waals surface area contributed by atoms with E-state index >= 15 is 0 Å². The Morgan fingerprint density at radius 3 is 2.13 bits per heavy atom. The van der Waals surface area contributed by atoms with E-state index in [1.165, 1.54) is 10.5 Å². The summed E-state index contributed by atoms with van der Waals surface area (Å²) in [5, 5.41) is 0. The molecule has 0 aliphatic rings. The van der Waals surface area contributed by atoms with Crippen LogP contribution in [0.4, 0.5) is 0 Å². The maximum Gasteiger partial charge on any atom is 0.0192 e. The summed E-state index contributed by atoms with van der Waals surface area (Å²) in [5.41, 5.74) is 7.24. The molecule has 0 aliphatic carbocycles. The largest absolute Gasteiger partial charge is 0.325 e. The smallest absolute Gasteiger partial charge is 0.0192 e. The van der Waals surface area contributed by atoms with E-state index < -0.39 is 0 Å². The van der Waals surface area contributed by atoms with Gasteiger partial charge in [0.1, 0.15) is 0 Å². The summed E-state index contributed by atoms with van der Waals surface area (Å²) < 4.78 is 0. The van der Waals surface area contributed by atoms with Gasteiger partial charge in [0, 0.05) is 16.2 Å². The van der Waals surface area contributed by atoms with Gasteiger partial charge in [-0.05, 0) is 37.5 Å². The molecule has 0 aromatic heterocycles. The van der Waals surface area contributed by atoms with Gasteiger partial charge in [-0.15, -0.1) is 11.8 Å². The fraction of sp³-hybridized carbons (Fsp3) is 0.538. The van der Waals surface area contributed by atoms with Gasteiger partial charge in [0.05, 0.1) is 0 Å². The topological polar surface area (TPSA) is 26.0 Å². The zero-order valence-corrected chi connectivity index (χ0v) is 10.9. The fourth-order valence-electron chi connectivity index (χ4n) is 1.22. The molecule has 0 radical (unpaired) electrons. The minimum Gasteiger partial charge on any atom is -0.325 e. The van der Waals surface area contributed by atoms with Gasteiger partial charge in [0.15, 0.2) is 0 Å². The van der Waals surface area contributed by atoms with Crippen molar-refractivity contribution in [3.63, 3.8) is 0 Å². The quantitative estimate of drug-likeness (QED) is 0.789. The Bertz CT molecular complexity index is 295. The van der Waals surface area contributed by atoms with Crippen LogP contribution in [-0.2, 0) is 0 Å². The molecule has 0 saturated carbocycles. The van der Waals surface area contributed by atoms with E-state index in [0.717, 1.165) is 5.75 Å². The van der Waals surface area contributed by atoms with Crippen LogP contribution in [0.2, 0.25) is 0 Å². The van der Waals surface area contributed by atoms with Crippen molar-refractivity contribution in [3.05, 3.63) is 29.8 Å². The average Bonchev–Trinajstić information content (AvgIpc) is 2.14. The predicted octanol–water partition coefficient (Wildman–Crippen LogP) is 3.64. The predicted molar refractivity (Wildman–Crippen MR) is 69.5 cm³/mol. The second kappa shape index (κ2) is 5.04. The number of thioether (sulfide) groups is 1. The van der Waals surface area contributed by atoms with Crippen molar-refractivity contribution in [1.29, 1.82) is 0 Å². The van der Waals surface area contributed by atoms with Crippen LogP contribution in [0.5, 0.6) is 0 Å². The maximum atomic E-state index is 5.94. The Morgan fingerprint density at radius 2 is 1.73 bits per heavy atom. The highest BCUT2D eigenvalue weighted by Crippen LogP contribution is 2.23. The molecule has 0 heterocycles. The molecule has 2 heteroatoms. The lowest BCUT2D eigenvalue weighted by molar-refractivity contribution is 0.591. The number of nitrogens with two attached hydrogens (primary N) is 1. The Hall–Kier alpha value is -0.470. The van der Waals surface area contributed by atoms with E-state index in [1.807, 2.05) is 11.8 Å². The highest BCUT2D eigenvalue weighted by molar-refractivity contribution is 7.99. The number of rotatable bonds is 4. The lowest BCUT2D eigenvalue weighted by Crippen LogP contribution is -2.34. The van der Waals surface area contributed by atoms with Crippen LogP contribution < -0.4 is 5.73 Å². The molecule has 2 N–H and O–H groups in total. The van der Waals surface area contributed by atoms with Gasteiger partial charge in [0.2, 0.25) is 0 Å². The van der Waals surface area contributed by atoms with Crippen molar-refractivity contribution in [2.75, 3.05) is 5.75 Å². The molecule has 84 valence electrons. The van der Waals surface area contributed by atoms with Crippen molar-refractivity contribution in [3.8, 4) is 0 Å². The zero-order valence-electron chi connectivity index (χ0n) is 10.1. The maximum absolute atomic E-state index is 5.94. The lowest BCUT2D eigenvalue weighted by atomic mass is 10.0. The first-order valence-corrected chi connectivity index (χ1v) is 6.39. The number of benzene rings is 1. The minimum atomic E-state index is -0.0958. The molecule has 1 rings (SSSR count). The van der Waals surface area contributed by atoms with Crippen molar-refractivity contribution < 1.29 is 0 Å². The van der Waals surface area contributed by atoms with E-state index in [1.54, 1.807) is 0 Å². The van der Waals surface area contributed by atoms with Gasteiger partial charge in [-0.25, -0.2) is 0 Å². The molecule has 0 fully saturated rings. The highest BCUT2D eigenvalue weighted by atomic mass is 32.2. The standard InChI is InChI=1S/C13H21NS/c1-10(2)11-5-7-12(8-6-11)15-9-13(3,4)14/h5-8,10H,9,14H2,1-4H3. The van der Waals surface area contributed by atoms with Crippen molar-refractivity contribution in [1.82, 2.24) is 0 Å². The molecular weight excluding hydrogens is 202 g/mol. The molecule has 0 atom stereocenters. The van der Waals surface area contributed by atoms with E-state index in [2.05, 4.69) is 52.0 Å². The van der Waals surface area contributed by atoms with Crippen LogP contribution >= 0.6 is 11.8 Å². The van der Waals surface area contributed by atoms with Crippen molar-refractivity contribution >= 4 is 11.8 Å². The molecule has 1 nitrogen and oxygen atoms in total. The Labute approximate surface area is 97.4 Å². The first kappa shape index (κ1) is 12.6. The van der Waals surface area contributed by atoms with Gasteiger partial charge >= 0.3 is 0 Å². The highest BCUT2D eigenvalue weighted by Gasteiger charge is 2.10. The molecule has 0 spiro atoms. The fourth-order valence-corrected chi connectivity index (χ4v) is 2.09. The lowest BCUT2D eigenvalue weighted by Gasteiger charge is -2.17. The van der Waals surface area contributed by atoms with Crippen molar-refractivity contribution in [2.45, 2.75) is 44.0 Å². The summed E-state index contributed by atoms with van der Waals surface area (Å²) >= 11 is 1.82. The second-order valence-corrected chi connectivity index (χ2v) is 6.05. The molecule has 0 amide bonds. The monoisotopic (exact) mass is 223 g/mol. The van der Waals surface area contributed by atoms with Gasteiger partial charge in [-0.2, -0.15) is 0 Å². The van der Waals surface area contributed by atoms with Crippen LogP contribution in [0.1, 0.15) is 39.2 Å². The Kier molecular flexibility index (Phi) is 4.23. The third kappa shape index (κ3) is 4.72. The summed E-state index contributed by atoms with van der Waals surface area (Å²) in [6.45, 7) is 8.54. The summed E-state index contributed by atoms with van der Waals surface area (Å²) in [7, 11) is 0. The van der Waals surface area contributed by atoms with Crippen LogP contribution in [0.15, 0.2) is 29.2 Å². The molecule has 1 aromatic rings. The second-order valence-electron chi connectivity index (χ2n) is 5.00. The number of hydrogen-bond acceptors (Lipinski definition) is 2. The normalized spacial score (nSPS) is 12.1. The van der Waals surface area contributed by atoms with Gasteiger partial charge in [-0.3, -0.25) is 0 Å². The molecule has 15 heavy (non-hydrogen) atoms. The molecular formula is C13H21NS. The van der Waals surface area contributed by atoms with Crippen molar-refractivity contribution in [2.24, 2.45) is 5.73 Å². The molecule has 0 bridgehead atoms. The van der Waals surface area contributed by atoms with E-state index in [9.17, 15) is 0 Å². The molecule has 1 aromatic carbocycles. The molecule has 0 unspecified atom stereocenters. The summed E-state index contributed by atoms with van der Waals surface area (Å²) in [6, 6.07) is 8.78. The Balaban J connectivity index is 2.57. The third-order valence-electron chi connectivity index (χ3n) is 2.16. The third-order valence-corrected chi connectivity index (χ3v) is 3.65. The first-order chi connectivity index (χ1) is 6.88. The van der Waals surface area contributed by atoms with Crippen LogP contribution in [-0.4, -0.2) is 11.3 Å². The van der Waals surface area contributed by atoms with E-state index in [4.69, 9.17) is 5.73 Å². The zero-order chi connectivity index (χ0) is 11.5. The molecule has 0 saturated heterocycles. The van der Waals surface area contributed by atoms with Crippen LogP contribution in [0.25, 0.3) is 0 Å². The van der Waals surface area contributed by atoms with E-state index in [-0.39, 0.29) is 5.54 Å². The SMILES string of the molecule is CC(C)c1ccc(SCC(C)(C)N)cc1. The number of hydrogen-bond donors (Lipinski definition) is 1. The summed E-state index contributed by atoms with van der Waals surface area (Å²) in [4.78, 5) is 1.30. The average molecular weight is 223 g/mol. The summed E-state index contributed by atoms with van der Waals surface area (Å²) in [5.74, 6) is 1.56. The van der Waals surface area contributed by atoms with Gasteiger partial charge < -0.3 is 5.73 Å². The van der Waals surface area contributed by atoms with E-state index in [0.29, 0.717) is 5.92 Å². The minimum absolute atomic E-state index is 0.0958. The van der Waals surface area contributed by atoms with Crippen LogP contribution in [0, 0.1) is 0 Å². The van der Waals surface area contributed by atoms with Crippen LogP contribution in [0.3, 0.4) is 0 Å². The van der Waals surface area contributed by atoms with Gasteiger partial charge in [0.25, 0.3) is 0 Å². The summed E-state index contributed by atoms with van der Waals surface area (Å²) in [6.07, 6.45) is 0.